The minimum absolute atomic E-state index is 0.272. The molecule has 0 aliphatic heterocycles. The predicted molar refractivity (Wildman–Crippen MR) is 72.0 cm³/mol. The van der Waals surface area contributed by atoms with Gasteiger partial charge in [0.2, 0.25) is 0 Å². The molecule has 0 fully saturated rings. The number of nitrogens with one attached hydrogen (secondary N) is 1. The van der Waals surface area contributed by atoms with Crippen molar-refractivity contribution in [3.05, 3.63) is 51.2 Å². The van der Waals surface area contributed by atoms with Crippen LogP contribution in [0.1, 0.15) is 20.0 Å². The summed E-state index contributed by atoms with van der Waals surface area (Å²) >= 11 is 6.82. The Labute approximate surface area is 112 Å². The molecule has 18 heavy (non-hydrogen) atoms. The number of hydrogen-bond donors (Lipinski definition) is 2. The number of rotatable bonds is 2. The topological polar surface area (TPSA) is 72.2 Å². The lowest BCUT2D eigenvalue weighted by atomic mass is 10.1. The van der Waals surface area contributed by atoms with Crippen molar-refractivity contribution < 1.29 is 9.59 Å². The molecule has 3 N–H and O–H groups in total. The molecule has 2 aromatic rings. The Balaban J connectivity index is 2.13. The molecular formula is C12H9ClN2O2S. The van der Waals surface area contributed by atoms with Crippen molar-refractivity contribution in [3.63, 3.8) is 0 Å². The van der Waals surface area contributed by atoms with E-state index in [9.17, 15) is 9.59 Å². The van der Waals surface area contributed by atoms with Crippen molar-refractivity contribution in [3.8, 4) is 0 Å². The summed E-state index contributed by atoms with van der Waals surface area (Å²) in [5, 5.41) is 2.26. The normalized spacial score (nSPS) is 10.1. The predicted octanol–water partition coefficient (Wildman–Crippen LogP) is 2.55. The second-order valence-corrected chi connectivity index (χ2v) is 5.19. The van der Waals surface area contributed by atoms with Gasteiger partial charge >= 0.3 is 0 Å². The first-order valence-corrected chi connectivity index (χ1v) is 6.23. The number of halogens is 1. The lowest BCUT2D eigenvalue weighted by Gasteiger charge is -2.04. The number of anilines is 1. The fourth-order valence-corrected chi connectivity index (χ4v) is 2.31. The summed E-state index contributed by atoms with van der Waals surface area (Å²) in [5.74, 6) is -1.01. The zero-order valence-corrected chi connectivity index (χ0v) is 10.7. The molecule has 0 atom stereocenters. The van der Waals surface area contributed by atoms with Gasteiger partial charge in [0, 0.05) is 5.69 Å². The summed E-state index contributed by atoms with van der Waals surface area (Å²) in [7, 11) is 0. The van der Waals surface area contributed by atoms with Gasteiger partial charge < -0.3 is 5.73 Å². The number of nitrogen functional groups attached to an aromatic ring is 1. The number of thiophene rings is 1. The highest BCUT2D eigenvalue weighted by Crippen LogP contribution is 2.21. The minimum atomic E-state index is -0.525. The molecule has 4 nitrogen and oxygen atoms in total. The van der Waals surface area contributed by atoms with Crippen LogP contribution in [0.5, 0.6) is 0 Å². The number of hydrogen-bond acceptors (Lipinski definition) is 4. The number of imide groups is 1. The van der Waals surface area contributed by atoms with Crippen LogP contribution in [0.25, 0.3) is 0 Å². The molecule has 0 saturated carbocycles. The monoisotopic (exact) mass is 280 g/mol. The second kappa shape index (κ2) is 5.20. The van der Waals surface area contributed by atoms with Crippen LogP contribution < -0.4 is 11.1 Å². The van der Waals surface area contributed by atoms with Gasteiger partial charge in [-0.3, -0.25) is 14.9 Å². The third kappa shape index (κ3) is 2.69. The highest BCUT2D eigenvalue weighted by atomic mass is 35.5. The Morgan fingerprint density at radius 1 is 1.11 bits per heavy atom. The van der Waals surface area contributed by atoms with E-state index in [4.69, 9.17) is 17.3 Å². The lowest BCUT2D eigenvalue weighted by Crippen LogP contribution is -2.30. The van der Waals surface area contributed by atoms with Crippen LogP contribution in [0.4, 0.5) is 5.69 Å². The van der Waals surface area contributed by atoms with E-state index in [1.165, 1.54) is 0 Å². The number of carbonyl (C=O) groups excluding carboxylic acids is 2. The van der Waals surface area contributed by atoms with Crippen LogP contribution in [0.2, 0.25) is 4.34 Å². The molecular weight excluding hydrogens is 272 g/mol. The van der Waals surface area contributed by atoms with Crippen LogP contribution in [-0.2, 0) is 0 Å². The standard InChI is InChI=1S/C12H9ClN2O2S/c13-10-6-5-9(18-10)12(17)15-11(16)7-3-1-2-4-8(7)14/h1-6H,14H2,(H,15,16,17). The molecule has 6 heteroatoms. The molecule has 0 spiro atoms. The van der Waals surface area contributed by atoms with E-state index in [1.54, 1.807) is 36.4 Å². The quantitative estimate of drug-likeness (QED) is 0.656. The van der Waals surface area contributed by atoms with E-state index in [-0.39, 0.29) is 5.56 Å². The van der Waals surface area contributed by atoms with Gasteiger partial charge in [-0.2, -0.15) is 0 Å². The number of para-hydroxylation sites is 1. The van der Waals surface area contributed by atoms with E-state index >= 15 is 0 Å². The highest BCUT2D eigenvalue weighted by molar-refractivity contribution is 7.18. The van der Waals surface area contributed by atoms with E-state index in [1.807, 2.05) is 0 Å². The molecule has 1 aromatic heterocycles. The number of carbonyl (C=O) groups is 2. The van der Waals surface area contributed by atoms with Gasteiger partial charge in [-0.1, -0.05) is 23.7 Å². The molecule has 2 rings (SSSR count). The molecule has 0 aliphatic carbocycles. The second-order valence-electron chi connectivity index (χ2n) is 3.47. The Kier molecular flexibility index (Phi) is 3.64. The van der Waals surface area contributed by atoms with Crippen LogP contribution in [0.15, 0.2) is 36.4 Å². The summed E-state index contributed by atoms with van der Waals surface area (Å²) in [6.07, 6.45) is 0. The van der Waals surface area contributed by atoms with E-state index in [0.29, 0.717) is 14.9 Å². The Bertz CT molecular complexity index is 610. The molecule has 2 amide bonds. The maximum Gasteiger partial charge on any atom is 0.268 e. The Morgan fingerprint density at radius 2 is 1.83 bits per heavy atom. The van der Waals surface area contributed by atoms with Gasteiger partial charge in [0.05, 0.1) is 14.8 Å². The van der Waals surface area contributed by atoms with Gasteiger partial charge in [0.1, 0.15) is 0 Å². The molecule has 0 bridgehead atoms. The van der Waals surface area contributed by atoms with Crippen LogP contribution in [0.3, 0.4) is 0 Å². The molecule has 0 aliphatic rings. The lowest BCUT2D eigenvalue weighted by molar-refractivity contribution is 0.0852. The first kappa shape index (κ1) is 12.6. The molecule has 1 aromatic carbocycles. The molecule has 0 unspecified atom stereocenters. The zero-order valence-electron chi connectivity index (χ0n) is 9.14. The first-order chi connectivity index (χ1) is 8.58. The van der Waals surface area contributed by atoms with Crippen molar-refractivity contribution in [2.45, 2.75) is 0 Å². The van der Waals surface area contributed by atoms with E-state index in [0.717, 1.165) is 11.3 Å². The fourth-order valence-electron chi connectivity index (χ4n) is 1.37. The SMILES string of the molecule is Nc1ccccc1C(=O)NC(=O)c1ccc(Cl)s1. The Hall–Kier alpha value is -1.85. The summed E-state index contributed by atoms with van der Waals surface area (Å²) in [4.78, 5) is 23.9. The Morgan fingerprint density at radius 3 is 2.44 bits per heavy atom. The average Bonchev–Trinajstić information content (AvgIpc) is 2.76. The molecule has 92 valence electrons. The van der Waals surface area contributed by atoms with Crippen LogP contribution in [-0.4, -0.2) is 11.8 Å². The van der Waals surface area contributed by atoms with Gasteiger partial charge in [-0.15, -0.1) is 11.3 Å². The van der Waals surface area contributed by atoms with Crippen LogP contribution >= 0.6 is 22.9 Å². The van der Waals surface area contributed by atoms with Crippen molar-refractivity contribution >= 4 is 40.4 Å². The third-order valence-corrected chi connectivity index (χ3v) is 3.46. The molecule has 0 radical (unpaired) electrons. The number of benzene rings is 1. The van der Waals surface area contributed by atoms with E-state index < -0.39 is 11.8 Å². The summed E-state index contributed by atoms with van der Waals surface area (Å²) < 4.78 is 0.492. The number of nitrogens with two attached hydrogens (primary N) is 1. The summed E-state index contributed by atoms with van der Waals surface area (Å²) in [6.45, 7) is 0. The number of amides is 2. The average molecular weight is 281 g/mol. The van der Waals surface area contributed by atoms with Crippen LogP contribution in [0, 0.1) is 0 Å². The summed E-state index contributed by atoms with van der Waals surface area (Å²) in [5.41, 5.74) is 6.25. The smallest absolute Gasteiger partial charge is 0.268 e. The van der Waals surface area contributed by atoms with E-state index in [2.05, 4.69) is 5.32 Å². The maximum absolute atomic E-state index is 11.8. The van der Waals surface area contributed by atoms with Gasteiger partial charge in [-0.05, 0) is 24.3 Å². The van der Waals surface area contributed by atoms with Crippen molar-refractivity contribution in [2.75, 3.05) is 5.73 Å². The largest absolute Gasteiger partial charge is 0.398 e. The zero-order chi connectivity index (χ0) is 13.1. The molecule has 0 saturated heterocycles. The van der Waals surface area contributed by atoms with Gasteiger partial charge in [0.25, 0.3) is 11.8 Å². The van der Waals surface area contributed by atoms with Crippen molar-refractivity contribution in [1.82, 2.24) is 5.32 Å². The first-order valence-electron chi connectivity index (χ1n) is 5.03. The van der Waals surface area contributed by atoms with Gasteiger partial charge in [0.15, 0.2) is 0 Å². The third-order valence-electron chi connectivity index (χ3n) is 2.23. The van der Waals surface area contributed by atoms with Crippen molar-refractivity contribution in [1.29, 1.82) is 0 Å². The highest BCUT2D eigenvalue weighted by Gasteiger charge is 2.15. The fraction of sp³-hybridized carbons (Fsp3) is 0. The molecule has 1 heterocycles. The summed E-state index contributed by atoms with van der Waals surface area (Å²) in [6, 6.07) is 9.71. The minimum Gasteiger partial charge on any atom is -0.398 e. The van der Waals surface area contributed by atoms with Crippen molar-refractivity contribution in [2.24, 2.45) is 0 Å². The maximum atomic E-state index is 11.8. The van der Waals surface area contributed by atoms with Gasteiger partial charge in [-0.25, -0.2) is 0 Å².